The van der Waals surface area contributed by atoms with Gasteiger partial charge in [-0.3, -0.25) is 4.79 Å². The molecule has 1 rings (SSSR count). The zero-order valence-corrected chi connectivity index (χ0v) is 10.8. The topological polar surface area (TPSA) is 106 Å². The Labute approximate surface area is 109 Å². The van der Waals surface area contributed by atoms with Gasteiger partial charge < -0.3 is 19.5 Å². The molecule has 1 N–H and O–H groups in total. The van der Waals surface area contributed by atoms with Crippen molar-refractivity contribution >= 4 is 11.6 Å². The lowest BCUT2D eigenvalue weighted by atomic mass is 10.2. The van der Waals surface area contributed by atoms with Crippen LogP contribution in [0.4, 0.5) is 5.69 Å². The molecule has 0 fully saturated rings. The zero-order valence-electron chi connectivity index (χ0n) is 10.8. The van der Waals surface area contributed by atoms with Gasteiger partial charge >= 0.3 is 0 Å². The number of azide groups is 1. The Morgan fingerprint density at radius 2 is 1.84 bits per heavy atom. The standard InChI is InChI=1S/C11H14N4O4/c1-17-7-4-8(18-2)11(9(5-7)19-3)14-10(16)6-13-15-12/h4-5H,6H2,1-3H3,(H,14,16). The van der Waals surface area contributed by atoms with Gasteiger partial charge in [-0.05, 0) is 5.53 Å². The average molecular weight is 266 g/mol. The summed E-state index contributed by atoms with van der Waals surface area (Å²) in [5, 5.41) is 5.73. The smallest absolute Gasteiger partial charge is 0.230 e. The number of rotatable bonds is 6. The molecule has 19 heavy (non-hydrogen) atoms. The summed E-state index contributed by atoms with van der Waals surface area (Å²) >= 11 is 0. The van der Waals surface area contributed by atoms with Gasteiger partial charge in [0.1, 0.15) is 29.5 Å². The minimum absolute atomic E-state index is 0.311. The normalized spacial score (nSPS) is 9.21. The van der Waals surface area contributed by atoms with Gasteiger partial charge in [-0.25, -0.2) is 0 Å². The van der Waals surface area contributed by atoms with Crippen LogP contribution < -0.4 is 19.5 Å². The summed E-state index contributed by atoms with van der Waals surface area (Å²) in [5.74, 6) is 0.817. The minimum Gasteiger partial charge on any atom is -0.496 e. The number of nitrogens with zero attached hydrogens (tertiary/aromatic N) is 3. The van der Waals surface area contributed by atoms with Gasteiger partial charge in [0, 0.05) is 17.0 Å². The fourth-order valence-corrected chi connectivity index (χ4v) is 1.40. The van der Waals surface area contributed by atoms with E-state index >= 15 is 0 Å². The highest BCUT2D eigenvalue weighted by molar-refractivity contribution is 5.95. The van der Waals surface area contributed by atoms with Crippen molar-refractivity contribution in [1.82, 2.24) is 0 Å². The maximum atomic E-state index is 11.5. The fraction of sp³-hybridized carbons (Fsp3) is 0.364. The first kappa shape index (κ1) is 14.5. The van der Waals surface area contributed by atoms with Crippen LogP contribution in [0.2, 0.25) is 0 Å². The Hall–Kier alpha value is -2.60. The van der Waals surface area contributed by atoms with Crippen LogP contribution >= 0.6 is 0 Å². The highest BCUT2D eigenvalue weighted by Crippen LogP contribution is 2.38. The Bertz CT molecular complexity index is 486. The van der Waals surface area contributed by atoms with Crippen LogP contribution in [0, 0.1) is 0 Å². The number of anilines is 1. The second-order valence-corrected chi connectivity index (χ2v) is 3.34. The first-order valence-electron chi connectivity index (χ1n) is 5.27. The van der Waals surface area contributed by atoms with E-state index in [4.69, 9.17) is 19.7 Å². The molecule has 0 heterocycles. The van der Waals surface area contributed by atoms with Crippen LogP contribution in [-0.4, -0.2) is 33.8 Å². The third-order valence-corrected chi connectivity index (χ3v) is 2.26. The molecule has 102 valence electrons. The van der Waals surface area contributed by atoms with E-state index in [1.807, 2.05) is 0 Å². The van der Waals surface area contributed by atoms with Crippen LogP contribution in [0.3, 0.4) is 0 Å². The molecule has 0 aromatic heterocycles. The first-order valence-corrected chi connectivity index (χ1v) is 5.27. The molecular weight excluding hydrogens is 252 g/mol. The quantitative estimate of drug-likeness (QED) is 0.482. The lowest BCUT2D eigenvalue weighted by Crippen LogP contribution is -2.15. The van der Waals surface area contributed by atoms with E-state index in [1.165, 1.54) is 21.3 Å². The number of amides is 1. The monoisotopic (exact) mass is 266 g/mol. The third kappa shape index (κ3) is 3.68. The van der Waals surface area contributed by atoms with E-state index in [2.05, 4.69) is 15.3 Å². The lowest BCUT2D eigenvalue weighted by molar-refractivity contribution is -0.114. The zero-order chi connectivity index (χ0) is 14.3. The summed E-state index contributed by atoms with van der Waals surface area (Å²) in [5.41, 5.74) is 8.51. The van der Waals surface area contributed by atoms with Crippen LogP contribution in [0.5, 0.6) is 17.2 Å². The molecule has 0 aliphatic carbocycles. The van der Waals surface area contributed by atoms with Crippen molar-refractivity contribution in [1.29, 1.82) is 0 Å². The van der Waals surface area contributed by atoms with Crippen molar-refractivity contribution in [3.05, 3.63) is 22.6 Å². The van der Waals surface area contributed by atoms with Crippen molar-refractivity contribution in [2.45, 2.75) is 0 Å². The van der Waals surface area contributed by atoms with E-state index in [0.29, 0.717) is 22.9 Å². The molecule has 0 aliphatic rings. The van der Waals surface area contributed by atoms with Gasteiger partial charge in [-0.2, -0.15) is 0 Å². The first-order chi connectivity index (χ1) is 9.15. The third-order valence-electron chi connectivity index (χ3n) is 2.26. The molecule has 1 aromatic rings. The van der Waals surface area contributed by atoms with E-state index in [-0.39, 0.29) is 6.54 Å². The minimum atomic E-state index is -0.473. The van der Waals surface area contributed by atoms with Crippen molar-refractivity contribution in [2.75, 3.05) is 33.2 Å². The second kappa shape index (κ2) is 6.97. The number of methoxy groups -OCH3 is 3. The van der Waals surface area contributed by atoms with Crippen LogP contribution in [0.1, 0.15) is 0 Å². The summed E-state index contributed by atoms with van der Waals surface area (Å²) in [6, 6.07) is 3.21. The highest BCUT2D eigenvalue weighted by atomic mass is 16.5. The Kier molecular flexibility index (Phi) is 5.31. The van der Waals surface area contributed by atoms with Crippen LogP contribution in [0.15, 0.2) is 17.2 Å². The van der Waals surface area contributed by atoms with Crippen molar-refractivity contribution < 1.29 is 19.0 Å². The number of carbonyl (C=O) groups excluding carboxylic acids is 1. The van der Waals surface area contributed by atoms with Crippen molar-refractivity contribution in [3.8, 4) is 17.2 Å². The Morgan fingerprint density at radius 1 is 1.26 bits per heavy atom. The molecule has 8 heteroatoms. The summed E-state index contributed by atoms with van der Waals surface area (Å²) in [6.45, 7) is -0.311. The van der Waals surface area contributed by atoms with E-state index < -0.39 is 5.91 Å². The number of ether oxygens (including phenoxy) is 3. The lowest BCUT2D eigenvalue weighted by Gasteiger charge is -2.15. The maximum absolute atomic E-state index is 11.5. The van der Waals surface area contributed by atoms with Crippen LogP contribution in [-0.2, 0) is 4.79 Å². The number of benzene rings is 1. The van der Waals surface area contributed by atoms with E-state index in [0.717, 1.165) is 0 Å². The predicted octanol–water partition coefficient (Wildman–Crippen LogP) is 1.96. The molecule has 8 nitrogen and oxygen atoms in total. The van der Waals surface area contributed by atoms with Gasteiger partial charge in [0.15, 0.2) is 0 Å². The average Bonchev–Trinajstić information content (AvgIpc) is 2.44. The summed E-state index contributed by atoms with van der Waals surface area (Å²) < 4.78 is 15.4. The molecule has 0 spiro atoms. The van der Waals surface area contributed by atoms with Gasteiger partial charge in [0.25, 0.3) is 0 Å². The van der Waals surface area contributed by atoms with Gasteiger partial charge in [-0.15, -0.1) is 0 Å². The molecule has 1 amide bonds. The molecular formula is C11H14N4O4. The van der Waals surface area contributed by atoms with Gasteiger partial charge in [-0.1, -0.05) is 5.11 Å². The van der Waals surface area contributed by atoms with E-state index in [9.17, 15) is 4.79 Å². The molecule has 0 aliphatic heterocycles. The highest BCUT2D eigenvalue weighted by Gasteiger charge is 2.15. The molecule has 0 saturated heterocycles. The second-order valence-electron chi connectivity index (χ2n) is 3.34. The number of nitrogens with one attached hydrogen (secondary N) is 1. The fourth-order valence-electron chi connectivity index (χ4n) is 1.40. The van der Waals surface area contributed by atoms with E-state index in [1.54, 1.807) is 12.1 Å². The summed E-state index contributed by atoms with van der Waals surface area (Å²) in [7, 11) is 4.42. The molecule has 1 aromatic carbocycles. The summed E-state index contributed by atoms with van der Waals surface area (Å²) in [6.07, 6.45) is 0. The number of carbonyl (C=O) groups is 1. The van der Waals surface area contributed by atoms with Crippen LogP contribution in [0.25, 0.3) is 10.4 Å². The van der Waals surface area contributed by atoms with Crippen molar-refractivity contribution in [2.24, 2.45) is 5.11 Å². The molecule has 0 unspecified atom stereocenters. The molecule has 0 radical (unpaired) electrons. The predicted molar refractivity (Wildman–Crippen MR) is 68.7 cm³/mol. The molecule has 0 atom stereocenters. The largest absolute Gasteiger partial charge is 0.496 e. The van der Waals surface area contributed by atoms with Crippen molar-refractivity contribution in [3.63, 3.8) is 0 Å². The molecule has 0 bridgehead atoms. The number of hydrogen-bond acceptors (Lipinski definition) is 5. The summed E-state index contributed by atoms with van der Waals surface area (Å²) in [4.78, 5) is 14.1. The molecule has 0 saturated carbocycles. The Morgan fingerprint density at radius 3 is 2.26 bits per heavy atom. The number of hydrogen-bond donors (Lipinski definition) is 1. The Balaban J connectivity index is 3.09. The van der Waals surface area contributed by atoms with Gasteiger partial charge in [0.05, 0.1) is 21.3 Å². The maximum Gasteiger partial charge on any atom is 0.230 e. The SMILES string of the molecule is COc1cc(OC)c(NC(=O)CN=[N+]=[N-])c(OC)c1. The van der Waals surface area contributed by atoms with Gasteiger partial charge in [0.2, 0.25) is 5.91 Å².